The van der Waals surface area contributed by atoms with Gasteiger partial charge in [-0.3, -0.25) is 4.99 Å². The Hall–Kier alpha value is -1.70. The number of hydrogen-bond acceptors (Lipinski definition) is 3. The number of unbranched alkanes of at least 4 members (excludes halogenated alkanes) is 2. The van der Waals surface area contributed by atoms with Crippen molar-refractivity contribution in [2.45, 2.75) is 103 Å². The van der Waals surface area contributed by atoms with Crippen molar-refractivity contribution in [3.8, 4) is 5.75 Å². The molecule has 0 aliphatic carbocycles. The zero-order chi connectivity index (χ0) is 27.0. The van der Waals surface area contributed by atoms with Crippen LogP contribution in [0.2, 0.25) is 0 Å². The lowest BCUT2D eigenvalue weighted by atomic mass is 9.76. The summed E-state index contributed by atoms with van der Waals surface area (Å²) in [6, 6.07) is 13.6. The first-order valence-electron chi connectivity index (χ1n) is 13.5. The molecule has 0 spiro atoms. The van der Waals surface area contributed by atoms with Crippen LogP contribution in [0.1, 0.15) is 110 Å². The minimum Gasteiger partial charge on any atom is -0.467 e. The Labute approximate surface area is 223 Å². The van der Waals surface area contributed by atoms with Crippen molar-refractivity contribution in [2.75, 3.05) is 21.0 Å². The molecule has 200 valence electrons. The molecule has 3 nitrogen and oxygen atoms in total. The molecule has 0 fully saturated rings. The van der Waals surface area contributed by atoms with E-state index in [0.29, 0.717) is 8.58 Å². The van der Waals surface area contributed by atoms with E-state index in [2.05, 4.69) is 96.8 Å². The fourth-order valence-electron chi connectivity index (χ4n) is 4.76. The predicted molar refractivity (Wildman–Crippen MR) is 160 cm³/mol. The van der Waals surface area contributed by atoms with Crippen LogP contribution in [0.5, 0.6) is 5.75 Å². The van der Waals surface area contributed by atoms with Crippen molar-refractivity contribution in [1.29, 1.82) is 0 Å². The van der Waals surface area contributed by atoms with E-state index >= 15 is 0 Å². The third kappa shape index (κ3) is 7.65. The molecule has 0 aliphatic rings. The minimum atomic E-state index is -0.0577. The summed E-state index contributed by atoms with van der Waals surface area (Å²) in [6.45, 7) is 18.7. The van der Waals surface area contributed by atoms with Gasteiger partial charge in [-0.05, 0) is 40.1 Å². The van der Waals surface area contributed by atoms with Crippen LogP contribution in [-0.2, 0) is 20.7 Å². The molecular weight excluding hydrogens is 461 g/mol. The first kappa shape index (κ1) is 30.5. The maximum atomic E-state index is 6.50. The molecule has 2 unspecified atom stereocenters. The van der Waals surface area contributed by atoms with Crippen molar-refractivity contribution in [3.63, 3.8) is 0 Å². The van der Waals surface area contributed by atoms with Crippen LogP contribution in [0.15, 0.2) is 41.4 Å². The van der Waals surface area contributed by atoms with Gasteiger partial charge in [-0.1, -0.05) is 120 Å². The van der Waals surface area contributed by atoms with Crippen LogP contribution in [0.4, 0.5) is 0 Å². The summed E-state index contributed by atoms with van der Waals surface area (Å²) in [7, 11) is 4.17. The first-order chi connectivity index (χ1) is 16.9. The second-order valence-corrected chi connectivity index (χ2v) is 13.7. The first-order valence-corrected chi connectivity index (χ1v) is 14.5. The fourth-order valence-corrected chi connectivity index (χ4v) is 6.55. The second-order valence-electron chi connectivity index (χ2n) is 11.9. The Kier molecular flexibility index (Phi) is 11.2. The number of ether oxygens (including phenoxy) is 2. The highest BCUT2D eigenvalue weighted by Gasteiger charge is 2.37. The molecule has 0 N–H and O–H groups in total. The van der Waals surface area contributed by atoms with E-state index in [1.54, 1.807) is 7.11 Å². The minimum absolute atomic E-state index is 0.0306. The molecular formula is C32H50NO2P. The molecule has 0 bridgehead atoms. The summed E-state index contributed by atoms with van der Waals surface area (Å²) >= 11 is 0. The van der Waals surface area contributed by atoms with E-state index < -0.39 is 0 Å². The van der Waals surface area contributed by atoms with E-state index in [1.807, 2.05) is 13.3 Å². The fraction of sp³-hybridized carbons (Fsp3) is 0.594. The average Bonchev–Trinajstić information content (AvgIpc) is 2.82. The highest BCUT2D eigenvalue weighted by Crippen LogP contribution is 2.54. The molecule has 0 aliphatic heterocycles. The Balaban J connectivity index is 2.91. The van der Waals surface area contributed by atoms with E-state index in [4.69, 9.17) is 9.47 Å². The summed E-state index contributed by atoms with van der Waals surface area (Å²) in [5.41, 5.74) is 5.17. The summed E-state index contributed by atoms with van der Waals surface area (Å²) in [5.74, 6) is 1.02. The summed E-state index contributed by atoms with van der Waals surface area (Å²) in [4.78, 5) is 4.36. The molecule has 4 heteroatoms. The Bertz CT molecular complexity index is 1000. The van der Waals surface area contributed by atoms with E-state index in [1.165, 1.54) is 46.8 Å². The predicted octanol–water partition coefficient (Wildman–Crippen LogP) is 8.50. The van der Waals surface area contributed by atoms with Gasteiger partial charge in [0.2, 0.25) is 0 Å². The summed E-state index contributed by atoms with van der Waals surface area (Å²) in [5, 5.41) is 1.34. The maximum Gasteiger partial charge on any atom is 0.188 e. The van der Waals surface area contributed by atoms with Crippen molar-refractivity contribution >= 4 is 20.1 Å². The molecule has 2 aromatic rings. The van der Waals surface area contributed by atoms with Crippen LogP contribution in [0.3, 0.4) is 0 Å². The number of aliphatic imine (C=N–C) groups is 1. The highest BCUT2D eigenvalue weighted by molar-refractivity contribution is 7.48. The number of hydrogen-bond donors (Lipinski definition) is 0. The van der Waals surface area contributed by atoms with Gasteiger partial charge in [0.25, 0.3) is 0 Å². The molecule has 2 aromatic carbocycles. The van der Waals surface area contributed by atoms with Crippen LogP contribution in [0.25, 0.3) is 0 Å². The molecule has 0 saturated heterocycles. The zero-order valence-corrected chi connectivity index (χ0v) is 25.5. The van der Waals surface area contributed by atoms with Crippen LogP contribution >= 0.6 is 8.58 Å². The zero-order valence-electron chi connectivity index (χ0n) is 24.5. The smallest absolute Gasteiger partial charge is 0.188 e. The molecule has 0 heterocycles. The van der Waals surface area contributed by atoms with Gasteiger partial charge < -0.3 is 9.47 Å². The molecule has 0 amide bonds. The number of benzene rings is 2. The average molecular weight is 512 g/mol. The molecule has 0 aromatic heterocycles. The second kappa shape index (κ2) is 13.2. The van der Waals surface area contributed by atoms with Crippen LogP contribution in [-0.4, -0.2) is 27.2 Å². The number of rotatable bonds is 12. The normalized spacial score (nSPS) is 14.6. The topological polar surface area (TPSA) is 30.8 Å². The monoisotopic (exact) mass is 511 g/mol. The van der Waals surface area contributed by atoms with Gasteiger partial charge in [0.05, 0.1) is 0 Å². The molecule has 0 radical (unpaired) electrons. The number of methoxy groups -OCH3 is 1. The lowest BCUT2D eigenvalue weighted by Crippen LogP contribution is -2.28. The summed E-state index contributed by atoms with van der Waals surface area (Å²) < 4.78 is 11.9. The summed E-state index contributed by atoms with van der Waals surface area (Å²) in [6.07, 6.45) is 7.84. The Morgan fingerprint density at radius 1 is 0.917 bits per heavy atom. The quantitative estimate of drug-likeness (QED) is 0.124. The van der Waals surface area contributed by atoms with Gasteiger partial charge in [0, 0.05) is 36.7 Å². The third-order valence-electron chi connectivity index (χ3n) is 7.01. The van der Waals surface area contributed by atoms with Gasteiger partial charge in [-0.15, -0.1) is 0 Å². The third-order valence-corrected chi connectivity index (χ3v) is 9.09. The van der Waals surface area contributed by atoms with E-state index in [9.17, 15) is 0 Å². The van der Waals surface area contributed by atoms with Gasteiger partial charge in [0.15, 0.2) is 6.79 Å². The molecule has 2 atom stereocenters. The SMILES string of the molecule is CCCCCC(CC)(Pc1ccccc1/C=N/C)c1cc(C(C)(C)C)cc(C(C)(C)C)c1OCOC. The van der Waals surface area contributed by atoms with Crippen LogP contribution < -0.4 is 10.0 Å². The molecule has 2 rings (SSSR count). The van der Waals surface area contributed by atoms with Crippen molar-refractivity contribution in [3.05, 3.63) is 58.7 Å². The Morgan fingerprint density at radius 2 is 1.58 bits per heavy atom. The lowest BCUT2D eigenvalue weighted by molar-refractivity contribution is 0.0485. The van der Waals surface area contributed by atoms with Gasteiger partial charge >= 0.3 is 0 Å². The standard InChI is InChI=1S/C32H50NO2P/c1-11-13-16-19-32(12-2,36-28-18-15-14-17-24(28)22-33-9)27-21-25(30(3,4)5)20-26(31(6,7)8)29(27)35-23-34-10/h14-15,17-18,20-22,36H,11-13,16,19,23H2,1-10H3/b33-22+. The molecule has 36 heavy (non-hydrogen) atoms. The molecule has 0 saturated carbocycles. The lowest BCUT2D eigenvalue weighted by Gasteiger charge is -2.39. The van der Waals surface area contributed by atoms with Gasteiger partial charge in [-0.25, -0.2) is 0 Å². The number of nitrogens with zero attached hydrogens (tertiary/aromatic N) is 1. The maximum absolute atomic E-state index is 6.50. The van der Waals surface area contributed by atoms with Crippen molar-refractivity contribution in [1.82, 2.24) is 0 Å². The van der Waals surface area contributed by atoms with E-state index in [-0.39, 0.29) is 22.8 Å². The van der Waals surface area contributed by atoms with Crippen molar-refractivity contribution in [2.24, 2.45) is 4.99 Å². The van der Waals surface area contributed by atoms with Gasteiger partial charge in [0.1, 0.15) is 5.75 Å². The highest BCUT2D eigenvalue weighted by atomic mass is 31.1. The van der Waals surface area contributed by atoms with Crippen molar-refractivity contribution < 1.29 is 9.47 Å². The van der Waals surface area contributed by atoms with E-state index in [0.717, 1.165) is 18.6 Å². The largest absolute Gasteiger partial charge is 0.467 e. The van der Waals surface area contributed by atoms with Crippen LogP contribution in [0, 0.1) is 0 Å². The van der Waals surface area contributed by atoms with Gasteiger partial charge in [-0.2, -0.15) is 0 Å². The Morgan fingerprint density at radius 3 is 2.14 bits per heavy atom.